The smallest absolute Gasteiger partial charge is 0.250 e. The number of anilines is 1. The number of nitrogens with zero attached hydrogens (tertiary/aromatic N) is 1. The molecule has 3 aliphatic heterocycles. The molecule has 0 aromatic heterocycles. The third-order valence-corrected chi connectivity index (χ3v) is 6.91. The number of amides is 3. The summed E-state index contributed by atoms with van der Waals surface area (Å²) in [7, 11) is 1.51. The molecule has 0 saturated carbocycles. The third kappa shape index (κ3) is 2.94. The van der Waals surface area contributed by atoms with Gasteiger partial charge >= 0.3 is 0 Å². The van der Waals surface area contributed by atoms with Gasteiger partial charge in [-0.25, -0.2) is 0 Å². The van der Waals surface area contributed by atoms with Crippen LogP contribution in [0.15, 0.2) is 42.5 Å². The number of halogens is 1. The molecule has 0 aliphatic carbocycles. The fourth-order valence-corrected chi connectivity index (χ4v) is 5.47. The number of imide groups is 1. The maximum absolute atomic E-state index is 13.5. The topological polar surface area (TPSA) is 108 Å². The van der Waals surface area contributed by atoms with Crippen molar-refractivity contribution in [2.75, 3.05) is 25.6 Å². The monoisotopic (exact) mass is 455 g/mol. The lowest BCUT2D eigenvalue weighted by Crippen LogP contribution is -2.53. The Morgan fingerprint density at radius 3 is 2.59 bits per heavy atom. The first-order valence-electron chi connectivity index (χ1n) is 10.4. The quantitative estimate of drug-likeness (QED) is 0.592. The molecule has 2 aromatic carbocycles. The molecule has 9 heteroatoms. The molecule has 0 unspecified atom stereocenters. The largest absolute Gasteiger partial charge is 0.508 e. The van der Waals surface area contributed by atoms with Crippen LogP contribution in [0.4, 0.5) is 5.69 Å². The molecule has 0 bridgehead atoms. The molecule has 3 N–H and O–H groups in total. The summed E-state index contributed by atoms with van der Waals surface area (Å²) in [6, 6.07) is 11.3. The Labute approximate surface area is 189 Å². The number of benzene rings is 2. The summed E-state index contributed by atoms with van der Waals surface area (Å²) in [5.41, 5.74) is 0.636. The lowest BCUT2D eigenvalue weighted by Gasteiger charge is -2.29. The van der Waals surface area contributed by atoms with Crippen LogP contribution in [-0.2, 0) is 31.1 Å². The Kier molecular flexibility index (Phi) is 4.96. The van der Waals surface area contributed by atoms with Gasteiger partial charge in [-0.05, 0) is 42.3 Å². The van der Waals surface area contributed by atoms with Gasteiger partial charge in [-0.15, -0.1) is 0 Å². The van der Waals surface area contributed by atoms with Crippen LogP contribution in [-0.4, -0.2) is 54.0 Å². The molecule has 166 valence electrons. The number of rotatable bonds is 5. The third-order valence-electron chi connectivity index (χ3n) is 6.68. The van der Waals surface area contributed by atoms with E-state index in [1.54, 1.807) is 42.5 Å². The minimum Gasteiger partial charge on any atom is -0.508 e. The summed E-state index contributed by atoms with van der Waals surface area (Å²) < 4.78 is 5.08. The molecule has 5 rings (SSSR count). The summed E-state index contributed by atoms with van der Waals surface area (Å²) in [5.74, 6) is -2.54. The summed E-state index contributed by atoms with van der Waals surface area (Å²) in [4.78, 5) is 41.5. The number of hydrogen-bond donors (Lipinski definition) is 3. The van der Waals surface area contributed by atoms with Gasteiger partial charge in [-0.1, -0.05) is 23.7 Å². The van der Waals surface area contributed by atoms with Crippen LogP contribution in [0.25, 0.3) is 0 Å². The average Bonchev–Trinajstić information content (AvgIpc) is 3.34. The van der Waals surface area contributed by atoms with Crippen molar-refractivity contribution in [1.82, 2.24) is 10.2 Å². The van der Waals surface area contributed by atoms with Gasteiger partial charge in [0.05, 0.1) is 25.0 Å². The van der Waals surface area contributed by atoms with Gasteiger partial charge in [0, 0.05) is 29.4 Å². The van der Waals surface area contributed by atoms with Gasteiger partial charge in [-0.3, -0.25) is 24.6 Å². The predicted octanol–water partition coefficient (Wildman–Crippen LogP) is 1.66. The van der Waals surface area contributed by atoms with Gasteiger partial charge < -0.3 is 15.2 Å². The first-order valence-corrected chi connectivity index (χ1v) is 10.8. The lowest BCUT2D eigenvalue weighted by atomic mass is 9.76. The highest BCUT2D eigenvalue weighted by Crippen LogP contribution is 2.53. The number of ether oxygens (including phenoxy) is 1. The van der Waals surface area contributed by atoms with E-state index >= 15 is 0 Å². The molecule has 32 heavy (non-hydrogen) atoms. The minimum atomic E-state index is -1.39. The van der Waals surface area contributed by atoms with Crippen molar-refractivity contribution in [2.45, 2.75) is 18.0 Å². The summed E-state index contributed by atoms with van der Waals surface area (Å²) in [6.45, 7) is 0.349. The minimum absolute atomic E-state index is 0.132. The molecule has 3 amide bonds. The van der Waals surface area contributed by atoms with Crippen molar-refractivity contribution in [2.24, 2.45) is 11.8 Å². The van der Waals surface area contributed by atoms with Crippen molar-refractivity contribution in [3.05, 3.63) is 58.6 Å². The number of hydrogen-bond acceptors (Lipinski definition) is 6. The fraction of sp³-hybridized carbons (Fsp3) is 0.348. The number of fused-ring (bicyclic) bond motifs is 4. The number of likely N-dealkylation sites (tertiary alicyclic amines) is 1. The average molecular weight is 456 g/mol. The Morgan fingerprint density at radius 1 is 1.12 bits per heavy atom. The maximum Gasteiger partial charge on any atom is 0.250 e. The van der Waals surface area contributed by atoms with Crippen LogP contribution in [0, 0.1) is 11.8 Å². The first-order chi connectivity index (χ1) is 15.4. The molecular weight excluding hydrogens is 434 g/mol. The molecule has 4 atom stereocenters. The Morgan fingerprint density at radius 2 is 1.88 bits per heavy atom. The van der Waals surface area contributed by atoms with E-state index in [2.05, 4.69) is 10.6 Å². The second-order valence-corrected chi connectivity index (χ2v) is 8.83. The lowest BCUT2D eigenvalue weighted by molar-refractivity contribution is -0.143. The van der Waals surface area contributed by atoms with Crippen molar-refractivity contribution in [3.8, 4) is 5.75 Å². The molecule has 8 nitrogen and oxygen atoms in total. The molecule has 2 saturated heterocycles. The molecule has 3 aliphatic rings. The molecule has 2 aromatic rings. The number of aromatic hydroxyl groups is 1. The highest BCUT2D eigenvalue weighted by atomic mass is 35.5. The van der Waals surface area contributed by atoms with Crippen molar-refractivity contribution in [3.63, 3.8) is 0 Å². The van der Waals surface area contributed by atoms with Crippen LogP contribution < -0.4 is 10.6 Å². The second kappa shape index (κ2) is 7.58. The summed E-state index contributed by atoms with van der Waals surface area (Å²) in [5, 5.41) is 16.3. The molecule has 3 heterocycles. The number of nitrogens with one attached hydrogen (secondary N) is 2. The molecule has 0 radical (unpaired) electrons. The van der Waals surface area contributed by atoms with Crippen molar-refractivity contribution < 1.29 is 24.2 Å². The van der Waals surface area contributed by atoms with E-state index in [4.69, 9.17) is 16.3 Å². The van der Waals surface area contributed by atoms with Gasteiger partial charge in [-0.2, -0.15) is 0 Å². The van der Waals surface area contributed by atoms with Crippen LogP contribution in [0.3, 0.4) is 0 Å². The normalized spacial score (nSPS) is 28.4. The number of carbonyl (C=O) groups is 3. The van der Waals surface area contributed by atoms with Crippen LogP contribution in [0.2, 0.25) is 5.02 Å². The van der Waals surface area contributed by atoms with Gasteiger partial charge in [0.2, 0.25) is 17.7 Å². The Bertz CT molecular complexity index is 1120. The van der Waals surface area contributed by atoms with Crippen LogP contribution >= 0.6 is 11.6 Å². The van der Waals surface area contributed by atoms with Gasteiger partial charge in [0.1, 0.15) is 11.3 Å². The first kappa shape index (κ1) is 20.9. The molecular formula is C23H22ClN3O5. The van der Waals surface area contributed by atoms with E-state index in [0.717, 1.165) is 5.56 Å². The van der Waals surface area contributed by atoms with Crippen molar-refractivity contribution in [1.29, 1.82) is 0 Å². The zero-order chi connectivity index (χ0) is 22.6. The highest BCUT2D eigenvalue weighted by molar-refractivity contribution is 6.31. The predicted molar refractivity (Wildman–Crippen MR) is 116 cm³/mol. The summed E-state index contributed by atoms with van der Waals surface area (Å²) in [6.07, 6.45) is 0.406. The van der Waals surface area contributed by atoms with Gasteiger partial charge in [0.25, 0.3) is 0 Å². The number of phenols is 1. The number of carbonyl (C=O) groups excluding carboxylic acids is 3. The number of phenolic OH excluding ortho intramolecular Hbond substituents is 1. The fourth-order valence-electron chi connectivity index (χ4n) is 5.30. The molecule has 2 fully saturated rings. The Hall–Kier alpha value is -2.94. The molecule has 1 spiro atoms. The van der Waals surface area contributed by atoms with Crippen LogP contribution in [0.1, 0.15) is 11.1 Å². The standard InChI is InChI=1S/C23H22ClN3O5/c1-32-9-8-27-20(29)18-17(10-12-2-5-14(28)6-3-12)26-23(19(18)21(27)30)15-11-13(24)4-7-16(15)25-22(23)31/h2-7,11,17-19,26,28H,8-10H2,1H3,(H,25,31)/t17-,18-,19+,23-/m1/s1. The zero-order valence-corrected chi connectivity index (χ0v) is 18.1. The number of methoxy groups -OCH3 is 1. The highest BCUT2D eigenvalue weighted by Gasteiger charge is 2.70. The van der Waals surface area contributed by atoms with E-state index < -0.39 is 23.4 Å². The second-order valence-electron chi connectivity index (χ2n) is 8.40. The van der Waals surface area contributed by atoms with Gasteiger partial charge in [0.15, 0.2) is 0 Å². The zero-order valence-electron chi connectivity index (χ0n) is 17.3. The Balaban J connectivity index is 1.61. The summed E-state index contributed by atoms with van der Waals surface area (Å²) >= 11 is 6.25. The van der Waals surface area contributed by atoms with Crippen LogP contribution in [0.5, 0.6) is 5.75 Å². The van der Waals surface area contributed by atoms with E-state index in [-0.39, 0.29) is 36.6 Å². The SMILES string of the molecule is COCCN1C(=O)[C@H]2[C@@H](C1=O)[C@@]1(N[C@@H]2Cc2ccc(O)cc2)C(=O)Nc2ccc(Cl)cc21. The maximum atomic E-state index is 13.5. The van der Waals surface area contributed by atoms with E-state index in [9.17, 15) is 19.5 Å². The van der Waals surface area contributed by atoms with Crippen molar-refractivity contribution >= 4 is 35.0 Å². The van der Waals surface area contributed by atoms with E-state index in [1.165, 1.54) is 12.0 Å². The van der Waals surface area contributed by atoms with E-state index in [0.29, 0.717) is 22.7 Å². The van der Waals surface area contributed by atoms with E-state index in [1.807, 2.05) is 0 Å².